The third-order valence-electron chi connectivity index (χ3n) is 3.07. The van der Waals surface area contributed by atoms with Crippen molar-refractivity contribution in [2.75, 3.05) is 13.7 Å². The van der Waals surface area contributed by atoms with Gasteiger partial charge in [0.15, 0.2) is 18.1 Å². The van der Waals surface area contributed by atoms with Gasteiger partial charge in [-0.05, 0) is 29.8 Å². The quantitative estimate of drug-likeness (QED) is 0.613. The number of nitrogens with one attached hydrogen (secondary N) is 2. The summed E-state index contributed by atoms with van der Waals surface area (Å²) in [5.74, 6) is -0.0527. The van der Waals surface area contributed by atoms with E-state index in [2.05, 4.69) is 10.9 Å². The van der Waals surface area contributed by atoms with E-state index < -0.39 is 11.8 Å². The highest BCUT2D eigenvalue weighted by atomic mass is 35.5. The summed E-state index contributed by atoms with van der Waals surface area (Å²) in [4.78, 5) is 23.4. The molecule has 6 nitrogen and oxygen atoms in total. The van der Waals surface area contributed by atoms with Crippen molar-refractivity contribution < 1.29 is 19.1 Å². The molecule has 25 heavy (non-hydrogen) atoms. The Morgan fingerprint density at radius 2 is 1.72 bits per heavy atom. The van der Waals surface area contributed by atoms with Crippen LogP contribution in [-0.2, 0) is 9.59 Å². The predicted octanol–water partition coefficient (Wildman–Crippen LogP) is 2.59. The summed E-state index contributed by atoms with van der Waals surface area (Å²) in [7, 11) is 1.51. The summed E-state index contributed by atoms with van der Waals surface area (Å²) in [5.41, 5.74) is 5.21. The fourth-order valence-electron chi connectivity index (χ4n) is 1.87. The Labute approximate surface area is 150 Å². The van der Waals surface area contributed by atoms with E-state index in [4.69, 9.17) is 21.1 Å². The molecule has 2 rings (SSSR count). The predicted molar refractivity (Wildman–Crippen MR) is 95.3 cm³/mol. The van der Waals surface area contributed by atoms with Crippen LogP contribution < -0.4 is 20.3 Å². The monoisotopic (exact) mass is 360 g/mol. The number of carbonyl (C=O) groups is 2. The minimum absolute atomic E-state index is 0.269. The van der Waals surface area contributed by atoms with Crippen LogP contribution in [0.5, 0.6) is 11.5 Å². The summed E-state index contributed by atoms with van der Waals surface area (Å²) in [6.07, 6.45) is 2.82. The highest BCUT2D eigenvalue weighted by Gasteiger charge is 2.07. The van der Waals surface area contributed by atoms with Crippen molar-refractivity contribution in [3.05, 3.63) is 65.2 Å². The number of rotatable bonds is 6. The smallest absolute Gasteiger partial charge is 0.276 e. The molecule has 0 heterocycles. The fourth-order valence-corrected chi connectivity index (χ4v) is 2.06. The molecular weight excluding hydrogens is 344 g/mol. The third kappa shape index (κ3) is 5.86. The van der Waals surface area contributed by atoms with Crippen LogP contribution >= 0.6 is 11.6 Å². The minimum atomic E-state index is -0.509. The average Bonchev–Trinajstić information content (AvgIpc) is 2.64. The van der Waals surface area contributed by atoms with Gasteiger partial charge in [0.2, 0.25) is 0 Å². The Morgan fingerprint density at radius 3 is 2.44 bits per heavy atom. The maximum atomic E-state index is 11.7. The molecule has 0 bridgehead atoms. The van der Waals surface area contributed by atoms with Gasteiger partial charge < -0.3 is 9.47 Å². The number of para-hydroxylation sites is 2. The normalized spacial score (nSPS) is 10.3. The second kappa shape index (κ2) is 9.34. The van der Waals surface area contributed by atoms with Gasteiger partial charge in [0.05, 0.1) is 7.11 Å². The maximum absolute atomic E-state index is 11.7. The van der Waals surface area contributed by atoms with Crippen molar-refractivity contribution in [3.63, 3.8) is 0 Å². The minimum Gasteiger partial charge on any atom is -0.493 e. The molecule has 0 atom stereocenters. The summed E-state index contributed by atoms with van der Waals surface area (Å²) >= 11 is 5.98. The number of benzene rings is 2. The van der Waals surface area contributed by atoms with Gasteiger partial charge in [0.1, 0.15) is 0 Å². The molecule has 0 aliphatic heterocycles. The van der Waals surface area contributed by atoms with E-state index in [-0.39, 0.29) is 6.61 Å². The maximum Gasteiger partial charge on any atom is 0.276 e. The molecule has 0 fully saturated rings. The van der Waals surface area contributed by atoms with Gasteiger partial charge in [-0.2, -0.15) is 0 Å². The molecule has 0 saturated carbocycles. The van der Waals surface area contributed by atoms with Crippen molar-refractivity contribution in [2.24, 2.45) is 0 Å². The van der Waals surface area contributed by atoms with Crippen LogP contribution in [0.15, 0.2) is 54.6 Å². The van der Waals surface area contributed by atoms with E-state index in [1.54, 1.807) is 54.6 Å². The van der Waals surface area contributed by atoms with Crippen LogP contribution in [0.4, 0.5) is 0 Å². The van der Waals surface area contributed by atoms with Crippen molar-refractivity contribution >= 4 is 29.5 Å². The summed E-state index contributed by atoms with van der Waals surface area (Å²) in [6, 6.07) is 14.0. The van der Waals surface area contributed by atoms with Gasteiger partial charge in [0.25, 0.3) is 11.8 Å². The average molecular weight is 361 g/mol. The molecule has 0 spiro atoms. The Hall–Kier alpha value is -2.99. The number of hydrogen-bond acceptors (Lipinski definition) is 4. The van der Waals surface area contributed by atoms with E-state index in [0.29, 0.717) is 22.1 Å². The number of hydrogen-bond donors (Lipinski definition) is 2. The summed E-state index contributed by atoms with van der Waals surface area (Å²) < 4.78 is 10.5. The Morgan fingerprint density at radius 1 is 1.04 bits per heavy atom. The van der Waals surface area contributed by atoms with Crippen LogP contribution in [0.2, 0.25) is 5.02 Å². The topological polar surface area (TPSA) is 76.7 Å². The molecule has 2 aromatic rings. The van der Waals surface area contributed by atoms with Crippen LogP contribution in [0.25, 0.3) is 6.08 Å². The standard InChI is InChI=1S/C18H17ClN2O4/c1-24-15-8-4-5-9-16(15)25-12-18(23)21-20-17(22)11-10-13-6-2-3-7-14(13)19/h2-11H,12H2,1H3,(H,20,22)(H,21,23). The van der Waals surface area contributed by atoms with Crippen molar-refractivity contribution in [1.82, 2.24) is 10.9 Å². The van der Waals surface area contributed by atoms with Gasteiger partial charge in [-0.25, -0.2) is 0 Å². The third-order valence-corrected chi connectivity index (χ3v) is 3.42. The molecule has 130 valence electrons. The van der Waals surface area contributed by atoms with Gasteiger partial charge in [-0.15, -0.1) is 0 Å². The van der Waals surface area contributed by atoms with E-state index in [9.17, 15) is 9.59 Å². The number of hydrazine groups is 1. The lowest BCUT2D eigenvalue weighted by Crippen LogP contribution is -2.43. The van der Waals surface area contributed by atoms with Gasteiger partial charge in [-0.1, -0.05) is 41.9 Å². The molecule has 2 aromatic carbocycles. The van der Waals surface area contributed by atoms with Crippen molar-refractivity contribution in [3.8, 4) is 11.5 Å². The Bertz CT molecular complexity index is 777. The molecule has 2 N–H and O–H groups in total. The van der Waals surface area contributed by atoms with Crippen LogP contribution in [0, 0.1) is 0 Å². The van der Waals surface area contributed by atoms with Gasteiger partial charge in [-0.3, -0.25) is 20.4 Å². The molecular formula is C18H17ClN2O4. The zero-order chi connectivity index (χ0) is 18.1. The zero-order valence-corrected chi connectivity index (χ0v) is 14.2. The summed E-state index contributed by atoms with van der Waals surface area (Å²) in [6.45, 7) is -0.269. The van der Waals surface area contributed by atoms with E-state index in [1.807, 2.05) is 0 Å². The van der Waals surface area contributed by atoms with E-state index >= 15 is 0 Å². The Balaban J connectivity index is 1.78. The molecule has 0 radical (unpaired) electrons. The number of amides is 2. The number of methoxy groups -OCH3 is 1. The highest BCUT2D eigenvalue weighted by molar-refractivity contribution is 6.32. The SMILES string of the molecule is COc1ccccc1OCC(=O)NNC(=O)C=Cc1ccccc1Cl. The first-order chi connectivity index (χ1) is 12.1. The van der Waals surface area contributed by atoms with E-state index in [1.165, 1.54) is 13.2 Å². The molecule has 0 aliphatic carbocycles. The van der Waals surface area contributed by atoms with Crippen molar-refractivity contribution in [1.29, 1.82) is 0 Å². The lowest BCUT2D eigenvalue weighted by Gasteiger charge is -2.10. The van der Waals surface area contributed by atoms with Crippen LogP contribution in [0.3, 0.4) is 0 Å². The number of ether oxygens (including phenoxy) is 2. The van der Waals surface area contributed by atoms with Gasteiger partial charge in [0, 0.05) is 11.1 Å². The first-order valence-corrected chi connectivity index (χ1v) is 7.75. The zero-order valence-electron chi connectivity index (χ0n) is 13.5. The highest BCUT2D eigenvalue weighted by Crippen LogP contribution is 2.25. The lowest BCUT2D eigenvalue weighted by atomic mass is 10.2. The molecule has 0 aliphatic rings. The van der Waals surface area contributed by atoms with Crippen LogP contribution in [0.1, 0.15) is 5.56 Å². The van der Waals surface area contributed by atoms with E-state index in [0.717, 1.165) is 0 Å². The first kappa shape index (κ1) is 18.4. The fraction of sp³-hybridized carbons (Fsp3) is 0.111. The summed E-state index contributed by atoms with van der Waals surface area (Å²) in [5, 5.41) is 0.529. The number of halogens is 1. The number of carbonyl (C=O) groups excluding carboxylic acids is 2. The molecule has 2 amide bonds. The van der Waals surface area contributed by atoms with Crippen molar-refractivity contribution in [2.45, 2.75) is 0 Å². The first-order valence-electron chi connectivity index (χ1n) is 7.37. The van der Waals surface area contributed by atoms with Crippen LogP contribution in [-0.4, -0.2) is 25.5 Å². The molecule has 0 saturated heterocycles. The molecule has 0 aromatic heterocycles. The Kier molecular flexibility index (Phi) is 6.86. The second-order valence-corrected chi connectivity index (χ2v) is 5.24. The lowest BCUT2D eigenvalue weighted by molar-refractivity contribution is -0.128. The second-order valence-electron chi connectivity index (χ2n) is 4.83. The molecule has 7 heteroatoms. The molecule has 0 unspecified atom stereocenters. The largest absolute Gasteiger partial charge is 0.493 e. The van der Waals surface area contributed by atoms with Gasteiger partial charge >= 0.3 is 0 Å².